The summed E-state index contributed by atoms with van der Waals surface area (Å²) in [6, 6.07) is 0. The van der Waals surface area contributed by atoms with Crippen molar-refractivity contribution in [1.82, 2.24) is 0 Å². The summed E-state index contributed by atoms with van der Waals surface area (Å²) in [5.41, 5.74) is 0.488. The topological polar surface area (TPSA) is 37.3 Å². The number of aliphatic hydroxyl groups is 1. The molecule has 132 valence electrons. The summed E-state index contributed by atoms with van der Waals surface area (Å²) >= 11 is 3.89. The minimum Gasteiger partial charge on any atom is -0.392 e. The molecule has 0 radical (unpaired) electrons. The molecule has 23 heavy (non-hydrogen) atoms. The van der Waals surface area contributed by atoms with E-state index in [9.17, 15) is 9.90 Å². The molecule has 0 bridgehead atoms. The van der Waals surface area contributed by atoms with Gasteiger partial charge in [-0.25, -0.2) is 0 Å². The van der Waals surface area contributed by atoms with E-state index >= 15 is 0 Å². The normalized spacial score (nSPS) is 53.0. The van der Waals surface area contributed by atoms with Crippen molar-refractivity contribution in [3.8, 4) is 0 Å². The zero-order chi connectivity index (χ0) is 17.2. The maximum atomic E-state index is 12.4. The molecule has 0 saturated heterocycles. The molecule has 8 atom stereocenters. The molecule has 3 aliphatic carbocycles. The Balaban J connectivity index is 2.04. The number of rotatable bonds is 2. The van der Waals surface area contributed by atoms with Gasteiger partial charge in [-0.15, -0.1) is 0 Å². The van der Waals surface area contributed by atoms with Crippen LogP contribution in [0.5, 0.6) is 0 Å². The molecule has 8 unspecified atom stereocenters. The zero-order valence-electron chi connectivity index (χ0n) is 15.3. The fourth-order valence-corrected chi connectivity index (χ4v) is 7.85. The van der Waals surface area contributed by atoms with Crippen LogP contribution >= 0.6 is 15.9 Å². The number of halogens is 1. The van der Waals surface area contributed by atoms with E-state index in [1.807, 2.05) is 0 Å². The van der Waals surface area contributed by atoms with E-state index in [4.69, 9.17) is 0 Å². The Bertz CT molecular complexity index is 490. The third kappa shape index (κ3) is 2.47. The van der Waals surface area contributed by atoms with E-state index in [0.29, 0.717) is 34.4 Å². The first-order chi connectivity index (χ1) is 10.6. The van der Waals surface area contributed by atoms with Gasteiger partial charge >= 0.3 is 0 Å². The van der Waals surface area contributed by atoms with Crippen molar-refractivity contribution in [3.05, 3.63) is 0 Å². The summed E-state index contributed by atoms with van der Waals surface area (Å²) in [5, 5.41) is 10.7. The molecule has 3 aliphatic rings. The van der Waals surface area contributed by atoms with Crippen LogP contribution in [-0.2, 0) is 4.79 Å². The first kappa shape index (κ1) is 17.9. The Labute approximate surface area is 149 Å². The lowest BCUT2D eigenvalue weighted by atomic mass is 9.45. The molecular formula is C20H33BrO2. The molecule has 0 spiro atoms. The van der Waals surface area contributed by atoms with Crippen LogP contribution in [-0.4, -0.2) is 21.8 Å². The number of Topliss-reactive ketones (excluding diaryl/α,β-unsaturated/α-hetero) is 1. The molecule has 0 aromatic rings. The number of hydrogen-bond donors (Lipinski definition) is 1. The smallest absolute Gasteiger partial charge is 0.135 e. The van der Waals surface area contributed by atoms with Crippen LogP contribution in [0.4, 0.5) is 0 Å². The van der Waals surface area contributed by atoms with Crippen LogP contribution in [0.15, 0.2) is 0 Å². The lowest BCUT2D eigenvalue weighted by Crippen LogP contribution is -2.60. The Hall–Kier alpha value is 0.110. The van der Waals surface area contributed by atoms with Crippen molar-refractivity contribution in [2.24, 2.45) is 40.4 Å². The van der Waals surface area contributed by atoms with Crippen molar-refractivity contribution in [1.29, 1.82) is 0 Å². The van der Waals surface area contributed by atoms with Crippen LogP contribution in [0.3, 0.4) is 0 Å². The Morgan fingerprint density at radius 2 is 1.78 bits per heavy atom. The highest BCUT2D eigenvalue weighted by atomic mass is 79.9. The van der Waals surface area contributed by atoms with E-state index in [-0.39, 0.29) is 17.1 Å². The third-order valence-corrected chi connectivity index (χ3v) is 9.54. The highest BCUT2D eigenvalue weighted by molar-refractivity contribution is 9.09. The van der Waals surface area contributed by atoms with Gasteiger partial charge in [0.1, 0.15) is 5.78 Å². The summed E-state index contributed by atoms with van der Waals surface area (Å²) in [5.74, 6) is 2.42. The first-order valence-corrected chi connectivity index (χ1v) is 10.4. The summed E-state index contributed by atoms with van der Waals surface area (Å²) in [4.78, 5) is 12.8. The number of alkyl halides is 1. The van der Waals surface area contributed by atoms with Crippen molar-refractivity contribution in [3.63, 3.8) is 0 Å². The van der Waals surface area contributed by atoms with Crippen LogP contribution < -0.4 is 0 Å². The fourth-order valence-electron chi connectivity index (χ4n) is 6.93. The third-order valence-electron chi connectivity index (χ3n) is 8.12. The van der Waals surface area contributed by atoms with E-state index in [1.54, 1.807) is 6.92 Å². The van der Waals surface area contributed by atoms with Gasteiger partial charge in [-0.1, -0.05) is 43.6 Å². The van der Waals surface area contributed by atoms with E-state index in [0.717, 1.165) is 5.92 Å². The molecule has 3 heteroatoms. The molecule has 2 nitrogen and oxygen atoms in total. The molecule has 0 heterocycles. The zero-order valence-corrected chi connectivity index (χ0v) is 16.9. The second-order valence-corrected chi connectivity index (χ2v) is 10.6. The van der Waals surface area contributed by atoms with Crippen molar-refractivity contribution >= 4 is 21.7 Å². The highest BCUT2D eigenvalue weighted by Gasteiger charge is 2.64. The van der Waals surface area contributed by atoms with Gasteiger partial charge in [-0.3, -0.25) is 4.79 Å². The summed E-state index contributed by atoms with van der Waals surface area (Å²) in [6.07, 6.45) is 5.22. The van der Waals surface area contributed by atoms with E-state index in [1.165, 1.54) is 25.7 Å². The van der Waals surface area contributed by atoms with Gasteiger partial charge in [0.25, 0.3) is 0 Å². The summed E-state index contributed by atoms with van der Waals surface area (Å²) in [6.45, 7) is 11.3. The maximum absolute atomic E-state index is 12.4. The highest BCUT2D eigenvalue weighted by Crippen LogP contribution is 2.68. The van der Waals surface area contributed by atoms with Gasteiger partial charge in [0.15, 0.2) is 0 Å². The minimum atomic E-state index is -0.476. The second kappa shape index (κ2) is 5.83. The molecule has 0 amide bonds. The van der Waals surface area contributed by atoms with Crippen molar-refractivity contribution < 1.29 is 9.90 Å². The van der Waals surface area contributed by atoms with Gasteiger partial charge in [-0.05, 0) is 73.5 Å². The van der Waals surface area contributed by atoms with Crippen LogP contribution in [0, 0.1) is 40.4 Å². The monoisotopic (exact) mass is 384 g/mol. The quantitative estimate of drug-likeness (QED) is 0.692. The van der Waals surface area contributed by atoms with Gasteiger partial charge in [0, 0.05) is 10.7 Å². The fraction of sp³-hybridized carbons (Fsp3) is 0.950. The standard InChI is InChI=1S/C20H33BrO2/c1-11(2)13-6-7-14-18-17(12(3)22)15(23)10-16(21)20(18,5)9-8-19(13,14)4/h11,13-18,23H,6-10H2,1-5H3. The maximum Gasteiger partial charge on any atom is 0.135 e. The van der Waals surface area contributed by atoms with E-state index < -0.39 is 6.10 Å². The van der Waals surface area contributed by atoms with Gasteiger partial charge in [0.2, 0.25) is 0 Å². The summed E-state index contributed by atoms with van der Waals surface area (Å²) in [7, 11) is 0. The number of fused-ring (bicyclic) bond motifs is 3. The first-order valence-electron chi connectivity index (χ1n) is 9.45. The Morgan fingerprint density at radius 3 is 2.35 bits per heavy atom. The predicted octanol–water partition coefficient (Wildman–Crippen LogP) is 4.82. The number of hydrogen-bond acceptors (Lipinski definition) is 2. The number of carbonyl (C=O) groups excluding carboxylic acids is 1. The molecule has 0 aromatic heterocycles. The SMILES string of the molecule is CC(=O)C1C(O)CC(Br)C2(C)CCC3(C)C(C(C)C)CCC3C12. The van der Waals surface area contributed by atoms with Gasteiger partial charge < -0.3 is 5.11 Å². The van der Waals surface area contributed by atoms with Gasteiger partial charge in [0.05, 0.1) is 6.10 Å². The molecule has 0 aromatic carbocycles. The Morgan fingerprint density at radius 1 is 1.17 bits per heavy atom. The van der Waals surface area contributed by atoms with Gasteiger partial charge in [-0.2, -0.15) is 0 Å². The largest absolute Gasteiger partial charge is 0.392 e. The molecule has 3 rings (SSSR count). The van der Waals surface area contributed by atoms with Crippen molar-refractivity contribution in [2.45, 2.75) is 77.7 Å². The minimum absolute atomic E-state index is 0.144. The lowest BCUT2D eigenvalue weighted by molar-refractivity contribution is -0.153. The van der Waals surface area contributed by atoms with Crippen molar-refractivity contribution in [2.75, 3.05) is 0 Å². The van der Waals surface area contributed by atoms with Crippen LogP contribution in [0.2, 0.25) is 0 Å². The van der Waals surface area contributed by atoms with Crippen LogP contribution in [0.25, 0.3) is 0 Å². The molecule has 3 fully saturated rings. The average Bonchev–Trinajstić information content (AvgIpc) is 2.78. The number of carbonyl (C=O) groups is 1. The summed E-state index contributed by atoms with van der Waals surface area (Å²) < 4.78 is 0. The van der Waals surface area contributed by atoms with E-state index in [2.05, 4.69) is 43.6 Å². The molecule has 1 N–H and O–H groups in total. The second-order valence-electron chi connectivity index (χ2n) is 9.48. The molecule has 0 aliphatic heterocycles. The molecular weight excluding hydrogens is 352 g/mol. The van der Waals surface area contributed by atoms with Crippen LogP contribution in [0.1, 0.15) is 66.7 Å². The average molecular weight is 385 g/mol. The number of ketones is 1. The number of aliphatic hydroxyl groups excluding tert-OH is 1. The predicted molar refractivity (Wildman–Crippen MR) is 97.5 cm³/mol. The lowest BCUT2D eigenvalue weighted by Gasteiger charge is -2.61. The Kier molecular flexibility index (Phi) is 4.54. The molecule has 3 saturated carbocycles.